The van der Waals surface area contributed by atoms with E-state index in [4.69, 9.17) is 0 Å². The van der Waals surface area contributed by atoms with Crippen molar-refractivity contribution in [2.75, 3.05) is 0 Å². The standard InChI is InChI=1S/C17H11N2/c1-4-11-10-19-9-3-7-13-12-6-2-8-18-16(12)14(5-1)15(11)17(13)19/h1-9H,10H2/q+1. The second kappa shape index (κ2) is 3.09. The SMILES string of the molecule is c1cnc2c(c1)c1ccc[n+]3c1c1c(cccc21)C3. The number of hydrogen-bond donors (Lipinski definition) is 0. The van der Waals surface area contributed by atoms with E-state index in [1.807, 2.05) is 12.3 Å². The van der Waals surface area contributed by atoms with Crippen molar-refractivity contribution in [2.24, 2.45) is 0 Å². The van der Waals surface area contributed by atoms with Crippen LogP contribution < -0.4 is 4.57 Å². The highest BCUT2D eigenvalue weighted by atomic mass is 15.0. The van der Waals surface area contributed by atoms with Crippen molar-refractivity contribution in [3.8, 4) is 0 Å². The summed E-state index contributed by atoms with van der Waals surface area (Å²) in [6, 6.07) is 15.1. The van der Waals surface area contributed by atoms with Crippen LogP contribution in [0.2, 0.25) is 0 Å². The smallest absolute Gasteiger partial charge is 0.221 e. The third-order valence-electron chi connectivity index (χ3n) is 4.15. The number of nitrogens with zero attached hydrogens (tertiary/aromatic N) is 2. The molecule has 0 atom stereocenters. The Labute approximate surface area is 109 Å². The van der Waals surface area contributed by atoms with E-state index in [2.05, 4.69) is 52.1 Å². The van der Waals surface area contributed by atoms with E-state index in [1.54, 1.807) is 0 Å². The summed E-state index contributed by atoms with van der Waals surface area (Å²) < 4.78 is 2.35. The number of fused-ring (bicyclic) bond motifs is 3. The van der Waals surface area contributed by atoms with Crippen molar-refractivity contribution in [1.82, 2.24) is 4.98 Å². The van der Waals surface area contributed by atoms with Crippen LogP contribution in [0.3, 0.4) is 0 Å². The summed E-state index contributed by atoms with van der Waals surface area (Å²) in [5.74, 6) is 0. The van der Waals surface area contributed by atoms with Gasteiger partial charge in [0.15, 0.2) is 12.7 Å². The fraction of sp³-hybridized carbons (Fsp3) is 0.0588. The highest BCUT2D eigenvalue weighted by Gasteiger charge is 2.25. The maximum Gasteiger partial charge on any atom is 0.221 e. The average Bonchev–Trinajstić information content (AvgIpc) is 2.86. The van der Waals surface area contributed by atoms with Gasteiger partial charge in [-0.3, -0.25) is 4.98 Å². The molecule has 1 aliphatic heterocycles. The number of rotatable bonds is 0. The van der Waals surface area contributed by atoms with Crippen molar-refractivity contribution in [1.29, 1.82) is 0 Å². The van der Waals surface area contributed by atoms with Crippen LogP contribution >= 0.6 is 0 Å². The van der Waals surface area contributed by atoms with Crippen LogP contribution in [-0.2, 0) is 6.54 Å². The van der Waals surface area contributed by atoms with Gasteiger partial charge in [-0.2, -0.15) is 4.57 Å². The van der Waals surface area contributed by atoms with E-state index in [9.17, 15) is 0 Å². The summed E-state index contributed by atoms with van der Waals surface area (Å²) in [5, 5.41) is 5.21. The Morgan fingerprint density at radius 2 is 1.79 bits per heavy atom. The second-order valence-electron chi connectivity index (χ2n) is 5.14. The van der Waals surface area contributed by atoms with Crippen molar-refractivity contribution >= 4 is 32.6 Å². The minimum absolute atomic E-state index is 0.973. The van der Waals surface area contributed by atoms with Crippen LogP contribution in [0.4, 0.5) is 0 Å². The molecule has 2 nitrogen and oxygen atoms in total. The maximum absolute atomic E-state index is 4.61. The minimum atomic E-state index is 0.973. The molecular weight excluding hydrogens is 232 g/mol. The van der Waals surface area contributed by atoms with E-state index < -0.39 is 0 Å². The fourth-order valence-corrected chi connectivity index (χ4v) is 3.41. The third kappa shape index (κ3) is 1.03. The molecular formula is C17H11N2+. The van der Waals surface area contributed by atoms with Crippen LogP contribution in [0.5, 0.6) is 0 Å². The molecule has 4 aromatic rings. The van der Waals surface area contributed by atoms with Crippen LogP contribution in [0.15, 0.2) is 54.9 Å². The molecule has 0 aliphatic carbocycles. The summed E-state index contributed by atoms with van der Waals surface area (Å²) in [4.78, 5) is 4.61. The Kier molecular flexibility index (Phi) is 1.54. The van der Waals surface area contributed by atoms with Crippen LogP contribution in [0, 0.1) is 0 Å². The Bertz CT molecular complexity index is 906. The Hall–Kier alpha value is -2.48. The predicted molar refractivity (Wildman–Crippen MR) is 76.1 cm³/mol. The zero-order valence-corrected chi connectivity index (χ0v) is 10.3. The van der Waals surface area contributed by atoms with Gasteiger partial charge >= 0.3 is 0 Å². The van der Waals surface area contributed by atoms with Gasteiger partial charge < -0.3 is 0 Å². The summed E-state index contributed by atoms with van der Waals surface area (Å²) in [6.45, 7) is 0.973. The highest BCUT2D eigenvalue weighted by Crippen LogP contribution is 2.36. The molecule has 2 aromatic carbocycles. The normalized spacial score (nSPS) is 13.1. The Morgan fingerprint density at radius 3 is 2.79 bits per heavy atom. The Balaban J connectivity index is 2.28. The zero-order chi connectivity index (χ0) is 12.4. The molecule has 0 spiro atoms. The van der Waals surface area contributed by atoms with E-state index in [1.165, 1.54) is 32.6 Å². The molecule has 0 fully saturated rings. The number of pyridine rings is 2. The molecule has 1 aliphatic rings. The van der Waals surface area contributed by atoms with Crippen LogP contribution in [0.1, 0.15) is 5.56 Å². The molecule has 0 amide bonds. The van der Waals surface area contributed by atoms with Gasteiger partial charge in [-0.25, -0.2) is 0 Å². The second-order valence-corrected chi connectivity index (χ2v) is 5.14. The molecule has 0 radical (unpaired) electrons. The quantitative estimate of drug-likeness (QED) is 0.301. The first kappa shape index (κ1) is 9.45. The molecule has 2 aromatic heterocycles. The van der Waals surface area contributed by atoms with E-state index in [-0.39, 0.29) is 0 Å². The fourth-order valence-electron chi connectivity index (χ4n) is 3.41. The van der Waals surface area contributed by atoms with E-state index in [0.717, 1.165) is 12.1 Å². The van der Waals surface area contributed by atoms with Gasteiger partial charge in [-0.05, 0) is 12.1 Å². The van der Waals surface area contributed by atoms with Crippen molar-refractivity contribution in [2.45, 2.75) is 6.54 Å². The molecule has 0 unspecified atom stereocenters. The maximum atomic E-state index is 4.61. The first-order chi connectivity index (χ1) is 9.43. The Morgan fingerprint density at radius 1 is 0.895 bits per heavy atom. The van der Waals surface area contributed by atoms with Gasteiger partial charge in [0, 0.05) is 28.6 Å². The van der Waals surface area contributed by atoms with Crippen LogP contribution in [0.25, 0.3) is 32.6 Å². The third-order valence-corrected chi connectivity index (χ3v) is 4.15. The van der Waals surface area contributed by atoms with Crippen LogP contribution in [-0.4, -0.2) is 4.98 Å². The lowest BCUT2D eigenvalue weighted by Crippen LogP contribution is -2.30. The highest BCUT2D eigenvalue weighted by molar-refractivity contribution is 6.23. The van der Waals surface area contributed by atoms with Crippen molar-refractivity contribution in [3.63, 3.8) is 0 Å². The van der Waals surface area contributed by atoms with Gasteiger partial charge in [0.2, 0.25) is 5.52 Å². The number of benzene rings is 2. The summed E-state index contributed by atoms with van der Waals surface area (Å²) in [6.07, 6.45) is 4.05. The lowest BCUT2D eigenvalue weighted by atomic mass is 9.99. The monoisotopic (exact) mass is 243 g/mol. The first-order valence-corrected chi connectivity index (χ1v) is 6.54. The van der Waals surface area contributed by atoms with Gasteiger partial charge in [0.25, 0.3) is 0 Å². The van der Waals surface area contributed by atoms with Gasteiger partial charge in [-0.1, -0.05) is 24.3 Å². The number of aromatic nitrogens is 2. The lowest BCUT2D eigenvalue weighted by Gasteiger charge is -2.04. The molecule has 2 heteroatoms. The molecule has 0 bridgehead atoms. The van der Waals surface area contributed by atoms with E-state index in [0.29, 0.717) is 0 Å². The topological polar surface area (TPSA) is 16.8 Å². The molecule has 5 rings (SSSR count). The molecule has 3 heterocycles. The van der Waals surface area contributed by atoms with Crippen molar-refractivity contribution < 1.29 is 4.57 Å². The summed E-state index contributed by atoms with van der Waals surface area (Å²) in [5.41, 5.74) is 3.88. The predicted octanol–water partition coefficient (Wildman–Crippen LogP) is 3.19. The minimum Gasteiger partial charge on any atom is -0.256 e. The number of hydrogen-bond acceptors (Lipinski definition) is 1. The van der Waals surface area contributed by atoms with Gasteiger partial charge in [-0.15, -0.1) is 0 Å². The van der Waals surface area contributed by atoms with E-state index >= 15 is 0 Å². The largest absolute Gasteiger partial charge is 0.256 e. The molecule has 0 saturated carbocycles. The van der Waals surface area contributed by atoms with Gasteiger partial charge in [0.05, 0.1) is 16.3 Å². The molecule has 19 heavy (non-hydrogen) atoms. The summed E-state index contributed by atoms with van der Waals surface area (Å²) >= 11 is 0. The molecule has 0 saturated heterocycles. The molecule has 0 N–H and O–H groups in total. The first-order valence-electron chi connectivity index (χ1n) is 6.54. The average molecular weight is 243 g/mol. The van der Waals surface area contributed by atoms with Gasteiger partial charge in [0.1, 0.15) is 0 Å². The molecule has 88 valence electrons. The van der Waals surface area contributed by atoms with Crippen molar-refractivity contribution in [3.05, 3.63) is 60.4 Å². The zero-order valence-electron chi connectivity index (χ0n) is 10.3. The summed E-state index contributed by atoms with van der Waals surface area (Å²) in [7, 11) is 0. The lowest BCUT2D eigenvalue weighted by molar-refractivity contribution is -0.657.